The van der Waals surface area contributed by atoms with E-state index in [4.69, 9.17) is 15.2 Å². The number of aliphatic hydroxyl groups is 1. The summed E-state index contributed by atoms with van der Waals surface area (Å²) in [6, 6.07) is 0. The van der Waals surface area contributed by atoms with Crippen LogP contribution in [0.3, 0.4) is 0 Å². The number of aryl methyl sites for hydroxylation is 1. The quantitative estimate of drug-likeness (QED) is 0.680. The smallest absolute Gasteiger partial charge is 0.167 e. The van der Waals surface area contributed by atoms with Crippen molar-refractivity contribution in [1.82, 2.24) is 19.5 Å². The van der Waals surface area contributed by atoms with Gasteiger partial charge in [-0.05, 0) is 6.92 Å². The lowest BCUT2D eigenvalue weighted by atomic mass is 10.1. The fourth-order valence-electron chi connectivity index (χ4n) is 2.67. The van der Waals surface area contributed by atoms with Crippen LogP contribution in [-0.2, 0) is 9.47 Å². The van der Waals surface area contributed by atoms with E-state index in [2.05, 4.69) is 27.6 Å². The molecule has 4 atom stereocenters. The summed E-state index contributed by atoms with van der Waals surface area (Å²) in [5.74, 6) is 1.36. The van der Waals surface area contributed by atoms with Crippen molar-refractivity contribution in [3.63, 3.8) is 0 Å². The number of thiol groups is 1. The van der Waals surface area contributed by atoms with Gasteiger partial charge in [0.05, 0.1) is 6.10 Å². The van der Waals surface area contributed by atoms with Gasteiger partial charge in [-0.1, -0.05) is 0 Å². The van der Waals surface area contributed by atoms with E-state index in [-0.39, 0.29) is 0 Å². The highest BCUT2D eigenvalue weighted by molar-refractivity contribution is 7.80. The molecule has 0 saturated carbocycles. The Morgan fingerprint density at radius 1 is 1.52 bits per heavy atom. The molecule has 1 saturated heterocycles. The Hall–Kier alpha value is -1.42. The molecule has 0 aliphatic carbocycles. The van der Waals surface area contributed by atoms with Gasteiger partial charge in [0.1, 0.15) is 24.4 Å². The second-order valence-electron chi connectivity index (χ2n) is 4.90. The zero-order chi connectivity index (χ0) is 15.1. The molecule has 0 unspecified atom stereocenters. The molecule has 1 fully saturated rings. The van der Waals surface area contributed by atoms with E-state index in [0.717, 1.165) is 0 Å². The minimum absolute atomic E-state index is 0.306. The molecule has 1 aliphatic heterocycles. The number of nitrogen functional groups attached to an aromatic ring is 1. The summed E-state index contributed by atoms with van der Waals surface area (Å²) in [4.78, 5) is 12.5. The number of rotatable bonds is 3. The minimum Gasteiger partial charge on any atom is -0.387 e. The first-order valence-corrected chi connectivity index (χ1v) is 7.14. The lowest BCUT2D eigenvalue weighted by molar-refractivity contribution is -0.0476. The van der Waals surface area contributed by atoms with E-state index in [1.165, 1.54) is 13.4 Å². The zero-order valence-corrected chi connectivity index (χ0v) is 12.6. The second-order valence-corrected chi connectivity index (χ2v) is 5.26. The van der Waals surface area contributed by atoms with Crippen molar-refractivity contribution < 1.29 is 14.6 Å². The molecular weight excluding hydrogens is 294 g/mol. The van der Waals surface area contributed by atoms with Crippen molar-refractivity contribution in [2.45, 2.75) is 31.5 Å². The highest BCUT2D eigenvalue weighted by atomic mass is 32.1. The van der Waals surface area contributed by atoms with Crippen LogP contribution >= 0.6 is 12.6 Å². The maximum absolute atomic E-state index is 10.2. The molecule has 3 N–H and O–H groups in total. The lowest BCUT2D eigenvalue weighted by Gasteiger charge is -2.21. The molecule has 3 heterocycles. The number of methoxy groups -OCH3 is 1. The van der Waals surface area contributed by atoms with Crippen molar-refractivity contribution in [3.05, 3.63) is 12.2 Å². The number of hydrogen-bond acceptors (Lipinski definition) is 8. The molecule has 1 aliphatic rings. The van der Waals surface area contributed by atoms with Gasteiger partial charge in [-0.3, -0.25) is 4.57 Å². The molecule has 0 bridgehead atoms. The first kappa shape index (κ1) is 14.5. The molecule has 2 aromatic rings. The molecule has 0 radical (unpaired) electrons. The summed E-state index contributed by atoms with van der Waals surface area (Å²) < 4.78 is 13.0. The first-order chi connectivity index (χ1) is 10.1. The number of aliphatic hydroxyl groups excluding tert-OH is 1. The molecule has 8 nitrogen and oxygen atoms in total. The minimum atomic E-state index is -0.770. The van der Waals surface area contributed by atoms with Gasteiger partial charge in [0, 0.05) is 12.9 Å². The molecule has 9 heteroatoms. The van der Waals surface area contributed by atoms with E-state index >= 15 is 0 Å². The van der Waals surface area contributed by atoms with Crippen LogP contribution in [0.15, 0.2) is 6.33 Å². The van der Waals surface area contributed by atoms with Crippen molar-refractivity contribution in [2.24, 2.45) is 0 Å². The van der Waals surface area contributed by atoms with Crippen molar-refractivity contribution in [3.8, 4) is 0 Å². The topological polar surface area (TPSA) is 108 Å². The summed E-state index contributed by atoms with van der Waals surface area (Å²) in [6.45, 7) is 1.82. The van der Waals surface area contributed by atoms with E-state index in [0.29, 0.717) is 28.6 Å². The second kappa shape index (κ2) is 5.41. The van der Waals surface area contributed by atoms with Gasteiger partial charge in [-0.25, -0.2) is 15.0 Å². The van der Waals surface area contributed by atoms with Crippen LogP contribution in [0.5, 0.6) is 0 Å². The summed E-state index contributed by atoms with van der Waals surface area (Å²) in [5.41, 5.74) is 6.89. The molecule has 0 aromatic carbocycles. The Bertz CT molecular complexity index is 664. The van der Waals surface area contributed by atoms with Gasteiger partial charge < -0.3 is 20.3 Å². The number of aromatic nitrogens is 4. The average molecular weight is 311 g/mol. The molecular formula is C12H17N5O3S. The summed E-state index contributed by atoms with van der Waals surface area (Å²) in [6.07, 6.45) is -0.887. The van der Waals surface area contributed by atoms with E-state index in [1.54, 1.807) is 4.57 Å². The van der Waals surface area contributed by atoms with Crippen LogP contribution < -0.4 is 5.73 Å². The van der Waals surface area contributed by atoms with Gasteiger partial charge in [-0.2, -0.15) is 12.6 Å². The average Bonchev–Trinajstić information content (AvgIpc) is 2.96. The van der Waals surface area contributed by atoms with Crippen LogP contribution in [0.4, 0.5) is 5.82 Å². The zero-order valence-electron chi connectivity index (χ0n) is 11.7. The summed E-state index contributed by atoms with van der Waals surface area (Å²) in [7, 11) is 1.53. The van der Waals surface area contributed by atoms with Crippen LogP contribution in [-0.4, -0.2) is 55.8 Å². The third-order valence-corrected chi connectivity index (χ3v) is 4.06. The maximum atomic E-state index is 10.2. The molecule has 0 spiro atoms. The number of hydrogen-bond donors (Lipinski definition) is 3. The highest BCUT2D eigenvalue weighted by Crippen LogP contribution is 2.35. The predicted octanol–water partition coefficient (Wildman–Crippen LogP) is -0.0800. The largest absolute Gasteiger partial charge is 0.387 e. The van der Waals surface area contributed by atoms with Crippen molar-refractivity contribution in [2.75, 3.05) is 18.6 Å². The first-order valence-electron chi connectivity index (χ1n) is 6.50. The summed E-state index contributed by atoms with van der Waals surface area (Å²) in [5, 5.41) is 10.2. The van der Waals surface area contributed by atoms with Gasteiger partial charge in [0.15, 0.2) is 23.2 Å². The molecule has 114 valence electrons. The Morgan fingerprint density at radius 3 is 2.95 bits per heavy atom. The van der Waals surface area contributed by atoms with Gasteiger partial charge >= 0.3 is 0 Å². The van der Waals surface area contributed by atoms with E-state index in [9.17, 15) is 5.11 Å². The molecule has 0 amide bonds. The predicted molar refractivity (Wildman–Crippen MR) is 79.0 cm³/mol. The van der Waals surface area contributed by atoms with E-state index < -0.39 is 24.5 Å². The number of ether oxygens (including phenoxy) is 2. The third kappa shape index (κ3) is 2.16. The monoisotopic (exact) mass is 311 g/mol. The Kier molecular flexibility index (Phi) is 3.74. The third-order valence-electron chi connectivity index (χ3n) is 3.70. The standard InChI is InChI=1S/C12H17N5O3S/c1-5-16-7-10(13)14-4-15-11(7)17(5)12-9(19-2)8(18)6(3-21)20-12/h4,6,8-9,12,18,21H,3H2,1-2H3,(H2,13,14,15)/t6-,8-,9-,12-/m1/s1. The fraction of sp³-hybridized carbons (Fsp3) is 0.583. The molecule has 3 rings (SSSR count). The van der Waals surface area contributed by atoms with E-state index in [1.807, 2.05) is 6.92 Å². The molecule has 2 aromatic heterocycles. The van der Waals surface area contributed by atoms with Crippen LogP contribution in [0, 0.1) is 6.92 Å². The molecule has 21 heavy (non-hydrogen) atoms. The number of nitrogens with two attached hydrogens (primary N) is 1. The summed E-state index contributed by atoms with van der Waals surface area (Å²) >= 11 is 4.20. The normalized spacial score (nSPS) is 29.3. The number of fused-ring (bicyclic) bond motifs is 1. The Morgan fingerprint density at radius 2 is 2.29 bits per heavy atom. The Labute approximate surface area is 126 Å². The van der Waals surface area contributed by atoms with Gasteiger partial charge in [-0.15, -0.1) is 0 Å². The van der Waals surface area contributed by atoms with Crippen LogP contribution in [0.2, 0.25) is 0 Å². The highest BCUT2D eigenvalue weighted by Gasteiger charge is 2.45. The number of nitrogens with zero attached hydrogens (tertiary/aromatic N) is 4. The van der Waals surface area contributed by atoms with Crippen LogP contribution in [0.1, 0.15) is 12.1 Å². The lowest BCUT2D eigenvalue weighted by Crippen LogP contribution is -2.34. The fourth-order valence-corrected chi connectivity index (χ4v) is 2.97. The maximum Gasteiger partial charge on any atom is 0.167 e. The SMILES string of the molecule is CO[C@@H]1[C@H](O)[C@@H](CS)O[C@H]1n1c(C)nc2c(N)ncnc21. The van der Waals surface area contributed by atoms with Gasteiger partial charge in [0.25, 0.3) is 0 Å². The number of anilines is 1. The Balaban J connectivity index is 2.12. The van der Waals surface area contributed by atoms with Crippen LogP contribution in [0.25, 0.3) is 11.2 Å². The number of imidazole rings is 1. The van der Waals surface area contributed by atoms with Gasteiger partial charge in [0.2, 0.25) is 0 Å². The van der Waals surface area contributed by atoms with Crippen molar-refractivity contribution in [1.29, 1.82) is 0 Å². The van der Waals surface area contributed by atoms with Crippen molar-refractivity contribution >= 4 is 29.6 Å².